The number of nitrogens with two attached hydrogens (primary N) is 1. The maximum atomic E-state index is 12.2. The van der Waals surface area contributed by atoms with E-state index in [2.05, 4.69) is 15.4 Å². The van der Waals surface area contributed by atoms with Crippen LogP contribution in [-0.2, 0) is 9.53 Å². The van der Waals surface area contributed by atoms with E-state index in [0.717, 1.165) is 0 Å². The van der Waals surface area contributed by atoms with Crippen molar-refractivity contribution in [3.05, 3.63) is 29.8 Å². The van der Waals surface area contributed by atoms with Gasteiger partial charge in [0.1, 0.15) is 6.04 Å². The fraction of sp³-hybridized carbons (Fsp3) is 0.357. The number of primary amides is 1. The van der Waals surface area contributed by atoms with Crippen LogP contribution in [0.2, 0.25) is 0 Å². The summed E-state index contributed by atoms with van der Waals surface area (Å²) in [5.74, 6) is -0.206. The highest BCUT2D eigenvalue weighted by Gasteiger charge is 2.21. The van der Waals surface area contributed by atoms with Gasteiger partial charge in [-0.15, -0.1) is 0 Å². The number of anilines is 1. The minimum Gasteiger partial charge on any atom is -0.467 e. The van der Waals surface area contributed by atoms with Crippen LogP contribution in [0.3, 0.4) is 0 Å². The predicted octanol–water partition coefficient (Wildman–Crippen LogP) is 1.20. The molecule has 3 amide bonds. The summed E-state index contributed by atoms with van der Waals surface area (Å²) in [5.41, 5.74) is 5.74. The Hall–Kier alpha value is -2.22. The number of hydrogen-bond acceptors (Lipinski definition) is 5. The molecule has 0 aliphatic heterocycles. The molecule has 0 saturated heterocycles. The third-order valence-corrected chi connectivity index (χ3v) is 3.44. The van der Waals surface area contributed by atoms with Crippen LogP contribution < -0.4 is 16.4 Å². The fourth-order valence-electron chi connectivity index (χ4n) is 1.75. The zero-order chi connectivity index (χ0) is 16.5. The van der Waals surface area contributed by atoms with Crippen molar-refractivity contribution in [3.63, 3.8) is 0 Å². The minimum absolute atomic E-state index is 0.310. The van der Waals surface area contributed by atoms with Gasteiger partial charge >= 0.3 is 12.0 Å². The molecule has 1 atom stereocenters. The molecule has 120 valence electrons. The number of hydrogen-bond donors (Lipinski definition) is 3. The van der Waals surface area contributed by atoms with E-state index in [1.807, 2.05) is 6.26 Å². The summed E-state index contributed by atoms with van der Waals surface area (Å²) in [4.78, 5) is 34.7. The summed E-state index contributed by atoms with van der Waals surface area (Å²) in [5, 5.41) is 5.01. The Morgan fingerprint density at radius 2 is 2.09 bits per heavy atom. The van der Waals surface area contributed by atoms with Crippen LogP contribution in [0.5, 0.6) is 0 Å². The highest BCUT2D eigenvalue weighted by molar-refractivity contribution is 7.98. The number of amides is 3. The highest BCUT2D eigenvalue weighted by Crippen LogP contribution is 2.11. The van der Waals surface area contributed by atoms with Crippen molar-refractivity contribution in [1.29, 1.82) is 0 Å². The van der Waals surface area contributed by atoms with E-state index in [9.17, 15) is 14.4 Å². The summed E-state index contributed by atoms with van der Waals surface area (Å²) in [6.07, 6.45) is 2.38. The molecule has 1 aromatic carbocycles. The number of esters is 1. The van der Waals surface area contributed by atoms with Crippen LogP contribution in [0.15, 0.2) is 24.3 Å². The SMILES string of the molecule is COC(=O)[C@H](CCSC)NC(=O)c1cccc(NC(N)=O)c1. The second kappa shape index (κ2) is 8.93. The van der Waals surface area contributed by atoms with Gasteiger partial charge in [-0.1, -0.05) is 6.07 Å². The van der Waals surface area contributed by atoms with Crippen LogP contribution in [0.25, 0.3) is 0 Å². The monoisotopic (exact) mass is 325 g/mol. The van der Waals surface area contributed by atoms with Crippen LogP contribution in [-0.4, -0.2) is 43.1 Å². The Bertz CT molecular complexity index is 551. The first kappa shape index (κ1) is 17.8. The molecule has 0 bridgehead atoms. The van der Waals surface area contributed by atoms with E-state index in [0.29, 0.717) is 23.4 Å². The van der Waals surface area contributed by atoms with Gasteiger partial charge in [0, 0.05) is 11.3 Å². The molecule has 0 fully saturated rings. The van der Waals surface area contributed by atoms with Gasteiger partial charge in [-0.3, -0.25) is 4.79 Å². The van der Waals surface area contributed by atoms with Gasteiger partial charge in [-0.2, -0.15) is 11.8 Å². The van der Waals surface area contributed by atoms with Crippen molar-refractivity contribution in [1.82, 2.24) is 5.32 Å². The number of rotatable bonds is 7. The van der Waals surface area contributed by atoms with Crippen LogP contribution in [0.4, 0.5) is 10.5 Å². The Morgan fingerprint density at radius 1 is 1.36 bits per heavy atom. The second-order valence-corrected chi connectivity index (χ2v) is 5.39. The lowest BCUT2D eigenvalue weighted by molar-refractivity contribution is -0.142. The van der Waals surface area contributed by atoms with Gasteiger partial charge < -0.3 is 21.1 Å². The molecule has 8 heteroatoms. The molecule has 0 saturated carbocycles. The lowest BCUT2D eigenvalue weighted by atomic mass is 10.1. The zero-order valence-corrected chi connectivity index (χ0v) is 13.2. The average Bonchev–Trinajstić information content (AvgIpc) is 2.50. The Balaban J connectivity index is 2.80. The van der Waals surface area contributed by atoms with Gasteiger partial charge in [0.2, 0.25) is 0 Å². The summed E-state index contributed by atoms with van der Waals surface area (Å²) < 4.78 is 4.69. The number of nitrogens with one attached hydrogen (secondary N) is 2. The number of urea groups is 1. The van der Waals surface area contributed by atoms with E-state index in [-0.39, 0.29) is 0 Å². The smallest absolute Gasteiger partial charge is 0.328 e. The standard InChI is InChI=1S/C14H19N3O4S/c1-21-13(19)11(6-7-22-2)17-12(18)9-4-3-5-10(8-9)16-14(15)20/h3-5,8,11H,6-7H2,1-2H3,(H,17,18)(H3,15,16,20)/t11-/m0/s1. The fourth-order valence-corrected chi connectivity index (χ4v) is 2.22. The van der Waals surface area contributed by atoms with Gasteiger partial charge in [-0.25, -0.2) is 9.59 Å². The number of benzene rings is 1. The van der Waals surface area contributed by atoms with Crippen molar-refractivity contribution in [2.45, 2.75) is 12.5 Å². The highest BCUT2D eigenvalue weighted by atomic mass is 32.2. The van der Waals surface area contributed by atoms with Crippen molar-refractivity contribution in [2.24, 2.45) is 5.73 Å². The molecule has 0 radical (unpaired) electrons. The van der Waals surface area contributed by atoms with Gasteiger partial charge in [0.05, 0.1) is 7.11 Å². The predicted molar refractivity (Wildman–Crippen MR) is 85.9 cm³/mol. The molecular formula is C14H19N3O4S. The van der Waals surface area contributed by atoms with Gasteiger partial charge in [-0.05, 0) is 36.6 Å². The molecule has 4 N–H and O–H groups in total. The van der Waals surface area contributed by atoms with E-state index in [1.54, 1.807) is 30.0 Å². The van der Waals surface area contributed by atoms with E-state index < -0.39 is 23.9 Å². The van der Waals surface area contributed by atoms with Crippen molar-refractivity contribution >= 4 is 35.4 Å². The van der Waals surface area contributed by atoms with Crippen molar-refractivity contribution in [3.8, 4) is 0 Å². The van der Waals surface area contributed by atoms with Crippen molar-refractivity contribution in [2.75, 3.05) is 24.4 Å². The first-order chi connectivity index (χ1) is 10.5. The second-order valence-electron chi connectivity index (χ2n) is 4.40. The third kappa shape index (κ3) is 5.65. The first-order valence-electron chi connectivity index (χ1n) is 6.52. The Labute approximate surface area is 133 Å². The summed E-state index contributed by atoms with van der Waals surface area (Å²) in [7, 11) is 1.28. The van der Waals surface area contributed by atoms with E-state index >= 15 is 0 Å². The number of carbonyl (C=O) groups is 3. The van der Waals surface area contributed by atoms with Crippen LogP contribution >= 0.6 is 11.8 Å². The molecule has 0 spiro atoms. The first-order valence-corrected chi connectivity index (χ1v) is 7.91. The lowest BCUT2D eigenvalue weighted by Crippen LogP contribution is -2.42. The number of methoxy groups -OCH3 is 1. The molecule has 0 aliphatic rings. The molecule has 0 unspecified atom stereocenters. The molecule has 7 nitrogen and oxygen atoms in total. The van der Waals surface area contributed by atoms with Crippen LogP contribution in [0, 0.1) is 0 Å². The normalized spacial score (nSPS) is 11.4. The molecule has 0 aliphatic carbocycles. The molecular weight excluding hydrogens is 306 g/mol. The molecule has 1 aromatic rings. The summed E-state index contributed by atoms with van der Waals surface area (Å²) >= 11 is 1.57. The Kier molecular flexibility index (Phi) is 7.24. The zero-order valence-electron chi connectivity index (χ0n) is 12.4. The molecule has 22 heavy (non-hydrogen) atoms. The molecule has 0 aromatic heterocycles. The van der Waals surface area contributed by atoms with Gasteiger partial charge in [0.25, 0.3) is 5.91 Å². The topological polar surface area (TPSA) is 111 Å². The third-order valence-electron chi connectivity index (χ3n) is 2.79. The molecule has 1 rings (SSSR count). The number of thioether (sulfide) groups is 1. The summed E-state index contributed by atoms with van der Waals surface area (Å²) in [6.45, 7) is 0. The maximum Gasteiger partial charge on any atom is 0.328 e. The van der Waals surface area contributed by atoms with Gasteiger partial charge in [0.15, 0.2) is 0 Å². The maximum absolute atomic E-state index is 12.2. The molecule has 0 heterocycles. The van der Waals surface area contributed by atoms with Crippen LogP contribution in [0.1, 0.15) is 16.8 Å². The minimum atomic E-state index is -0.718. The number of ether oxygens (including phenoxy) is 1. The summed E-state index contributed by atoms with van der Waals surface area (Å²) in [6, 6.07) is 4.83. The van der Waals surface area contributed by atoms with Crippen molar-refractivity contribution < 1.29 is 19.1 Å². The largest absolute Gasteiger partial charge is 0.467 e. The number of carbonyl (C=O) groups excluding carboxylic acids is 3. The lowest BCUT2D eigenvalue weighted by Gasteiger charge is -2.16. The Morgan fingerprint density at radius 3 is 2.68 bits per heavy atom. The van der Waals surface area contributed by atoms with E-state index in [4.69, 9.17) is 5.73 Å². The average molecular weight is 325 g/mol. The van der Waals surface area contributed by atoms with E-state index in [1.165, 1.54) is 13.2 Å². The quantitative estimate of drug-likeness (QED) is 0.652.